The van der Waals surface area contributed by atoms with Crippen molar-refractivity contribution in [1.29, 1.82) is 0 Å². The van der Waals surface area contributed by atoms with Crippen LogP contribution >= 0.6 is 0 Å². The molecule has 2 N–H and O–H groups in total. The Kier molecular flexibility index (Phi) is 5.22. The minimum Gasteiger partial charge on any atom is -0.358 e. The summed E-state index contributed by atoms with van der Waals surface area (Å²) >= 11 is 0. The molecule has 4 heteroatoms. The Morgan fingerprint density at radius 1 is 1.26 bits per heavy atom. The SMILES string of the molecule is CNC(=O)C1CNCCN1C1CCC(C(C)C)CC1. The molecule has 2 aliphatic rings. The number of nitrogens with one attached hydrogen (secondary N) is 2. The van der Waals surface area contributed by atoms with E-state index in [0.29, 0.717) is 6.04 Å². The van der Waals surface area contributed by atoms with Crippen molar-refractivity contribution in [3.8, 4) is 0 Å². The molecule has 1 saturated carbocycles. The third-order valence-corrected chi connectivity index (χ3v) is 4.99. The first-order valence-corrected chi connectivity index (χ1v) is 7.81. The molecule has 2 rings (SSSR count). The Labute approximate surface area is 117 Å². The molecule has 2 fully saturated rings. The Morgan fingerprint density at radius 3 is 2.53 bits per heavy atom. The third-order valence-electron chi connectivity index (χ3n) is 4.99. The molecule has 4 nitrogen and oxygen atoms in total. The van der Waals surface area contributed by atoms with E-state index >= 15 is 0 Å². The van der Waals surface area contributed by atoms with Gasteiger partial charge in [-0.1, -0.05) is 13.8 Å². The fourth-order valence-corrected chi connectivity index (χ4v) is 3.67. The second-order valence-corrected chi connectivity index (χ2v) is 6.38. The molecule has 1 aliphatic heterocycles. The summed E-state index contributed by atoms with van der Waals surface area (Å²) in [6.45, 7) is 7.49. The lowest BCUT2D eigenvalue weighted by molar-refractivity contribution is -0.128. The maximum Gasteiger partial charge on any atom is 0.238 e. The van der Waals surface area contributed by atoms with Crippen molar-refractivity contribution in [1.82, 2.24) is 15.5 Å². The molecule has 1 saturated heterocycles. The van der Waals surface area contributed by atoms with Gasteiger partial charge in [-0.25, -0.2) is 0 Å². The first kappa shape index (κ1) is 14.8. The number of likely N-dealkylation sites (N-methyl/N-ethyl adjacent to an activating group) is 1. The number of hydrogen-bond donors (Lipinski definition) is 2. The molecule has 0 aromatic carbocycles. The molecule has 0 aromatic rings. The average molecular weight is 267 g/mol. The first-order valence-electron chi connectivity index (χ1n) is 7.81. The van der Waals surface area contributed by atoms with Crippen molar-refractivity contribution in [2.24, 2.45) is 11.8 Å². The zero-order valence-electron chi connectivity index (χ0n) is 12.6. The highest BCUT2D eigenvalue weighted by atomic mass is 16.2. The Balaban J connectivity index is 1.94. The van der Waals surface area contributed by atoms with Crippen LogP contribution < -0.4 is 10.6 Å². The number of carbonyl (C=O) groups excluding carboxylic acids is 1. The maximum atomic E-state index is 12.0. The molecule has 19 heavy (non-hydrogen) atoms. The van der Waals surface area contributed by atoms with Crippen molar-refractivity contribution in [3.63, 3.8) is 0 Å². The standard InChI is InChI=1S/C15H29N3O/c1-11(2)12-4-6-13(7-5-12)18-9-8-17-10-14(18)15(19)16-3/h11-14,17H,4-10H2,1-3H3,(H,16,19). The number of hydrogen-bond acceptors (Lipinski definition) is 3. The smallest absolute Gasteiger partial charge is 0.238 e. The highest BCUT2D eigenvalue weighted by Crippen LogP contribution is 2.33. The van der Waals surface area contributed by atoms with Crippen molar-refractivity contribution in [2.75, 3.05) is 26.7 Å². The molecule has 1 heterocycles. The molecule has 0 bridgehead atoms. The van der Waals surface area contributed by atoms with Crippen molar-refractivity contribution < 1.29 is 4.79 Å². The quantitative estimate of drug-likeness (QED) is 0.808. The van der Waals surface area contributed by atoms with Crippen molar-refractivity contribution in [2.45, 2.75) is 51.6 Å². The van der Waals surface area contributed by atoms with Gasteiger partial charge < -0.3 is 10.6 Å². The number of rotatable bonds is 3. The highest BCUT2D eigenvalue weighted by Gasteiger charge is 2.35. The van der Waals surface area contributed by atoms with E-state index in [9.17, 15) is 4.79 Å². The van der Waals surface area contributed by atoms with Crippen LogP contribution in [0.2, 0.25) is 0 Å². The number of nitrogens with zero attached hydrogens (tertiary/aromatic N) is 1. The summed E-state index contributed by atoms with van der Waals surface area (Å²) in [7, 11) is 1.74. The third kappa shape index (κ3) is 3.48. The molecule has 0 spiro atoms. The minimum absolute atomic E-state index is 0.0272. The molecule has 0 radical (unpaired) electrons. The van der Waals surface area contributed by atoms with Crippen LogP contribution in [0.4, 0.5) is 0 Å². The molecular weight excluding hydrogens is 238 g/mol. The molecular formula is C15H29N3O. The largest absolute Gasteiger partial charge is 0.358 e. The summed E-state index contributed by atoms with van der Waals surface area (Å²) in [5, 5.41) is 6.15. The van der Waals surface area contributed by atoms with Crippen LogP contribution in [0.15, 0.2) is 0 Å². The molecule has 1 amide bonds. The summed E-state index contributed by atoms with van der Waals surface area (Å²) in [6, 6.07) is 0.638. The van der Waals surface area contributed by atoms with Crippen LogP contribution in [-0.4, -0.2) is 49.6 Å². The van der Waals surface area contributed by atoms with Crippen molar-refractivity contribution >= 4 is 5.91 Å². The molecule has 1 unspecified atom stereocenters. The first-order chi connectivity index (χ1) is 9.13. The average Bonchev–Trinajstić information content (AvgIpc) is 2.46. The summed E-state index contributed by atoms with van der Waals surface area (Å²) in [6.07, 6.45) is 5.17. The molecule has 1 aliphatic carbocycles. The molecule has 0 aromatic heterocycles. The number of piperazine rings is 1. The minimum atomic E-state index is 0.0272. The lowest BCUT2D eigenvalue weighted by Crippen LogP contribution is -2.60. The number of amides is 1. The summed E-state index contributed by atoms with van der Waals surface area (Å²) < 4.78 is 0. The fourth-order valence-electron chi connectivity index (χ4n) is 3.67. The van der Waals surface area contributed by atoms with E-state index < -0.39 is 0 Å². The second-order valence-electron chi connectivity index (χ2n) is 6.38. The normalized spacial score (nSPS) is 33.4. The van der Waals surface area contributed by atoms with Gasteiger partial charge in [0.05, 0.1) is 0 Å². The van der Waals surface area contributed by atoms with Crippen molar-refractivity contribution in [3.05, 3.63) is 0 Å². The van der Waals surface area contributed by atoms with Gasteiger partial charge in [0.2, 0.25) is 5.91 Å². The summed E-state index contributed by atoms with van der Waals surface area (Å²) in [4.78, 5) is 14.4. The van der Waals surface area contributed by atoms with Crippen LogP contribution in [0.1, 0.15) is 39.5 Å². The van der Waals surface area contributed by atoms with E-state index in [1.165, 1.54) is 25.7 Å². The van der Waals surface area contributed by atoms with Gasteiger partial charge in [0, 0.05) is 32.7 Å². The van der Waals surface area contributed by atoms with E-state index in [1.807, 2.05) is 0 Å². The maximum absolute atomic E-state index is 12.0. The molecule has 1 atom stereocenters. The predicted octanol–water partition coefficient (Wildman–Crippen LogP) is 1.22. The molecule has 110 valence electrons. The monoisotopic (exact) mass is 267 g/mol. The van der Waals surface area contributed by atoms with Gasteiger partial charge in [-0.2, -0.15) is 0 Å². The fraction of sp³-hybridized carbons (Fsp3) is 0.933. The van der Waals surface area contributed by atoms with Gasteiger partial charge in [-0.15, -0.1) is 0 Å². The predicted molar refractivity (Wildman–Crippen MR) is 78.0 cm³/mol. The van der Waals surface area contributed by atoms with Crippen LogP contribution in [0.25, 0.3) is 0 Å². The lowest BCUT2D eigenvalue weighted by atomic mass is 9.79. The zero-order valence-corrected chi connectivity index (χ0v) is 12.6. The van der Waals surface area contributed by atoms with Gasteiger partial charge in [0.1, 0.15) is 6.04 Å². The number of carbonyl (C=O) groups is 1. The highest BCUT2D eigenvalue weighted by molar-refractivity contribution is 5.81. The van der Waals surface area contributed by atoms with Crippen LogP contribution in [0.3, 0.4) is 0 Å². The van der Waals surface area contributed by atoms with Gasteiger partial charge >= 0.3 is 0 Å². The van der Waals surface area contributed by atoms with E-state index in [2.05, 4.69) is 29.4 Å². The second kappa shape index (κ2) is 6.71. The van der Waals surface area contributed by atoms with Gasteiger partial charge in [-0.3, -0.25) is 9.69 Å². The zero-order chi connectivity index (χ0) is 13.8. The Morgan fingerprint density at radius 2 is 1.95 bits per heavy atom. The van der Waals surface area contributed by atoms with Crippen LogP contribution in [0, 0.1) is 11.8 Å². The Hall–Kier alpha value is -0.610. The van der Waals surface area contributed by atoms with Gasteiger partial charge in [-0.05, 0) is 37.5 Å². The summed E-state index contributed by atoms with van der Waals surface area (Å²) in [5.41, 5.74) is 0. The van der Waals surface area contributed by atoms with Crippen LogP contribution in [0.5, 0.6) is 0 Å². The van der Waals surface area contributed by atoms with Gasteiger partial charge in [0.15, 0.2) is 0 Å². The van der Waals surface area contributed by atoms with E-state index in [4.69, 9.17) is 0 Å². The van der Waals surface area contributed by atoms with E-state index in [1.54, 1.807) is 7.05 Å². The van der Waals surface area contributed by atoms with Gasteiger partial charge in [0.25, 0.3) is 0 Å². The van der Waals surface area contributed by atoms with Crippen LogP contribution in [-0.2, 0) is 4.79 Å². The van der Waals surface area contributed by atoms with E-state index in [-0.39, 0.29) is 11.9 Å². The van der Waals surface area contributed by atoms with E-state index in [0.717, 1.165) is 31.5 Å². The summed E-state index contributed by atoms with van der Waals surface area (Å²) in [5.74, 6) is 1.86. The topological polar surface area (TPSA) is 44.4 Å². The Bertz CT molecular complexity index is 298. The lowest BCUT2D eigenvalue weighted by Gasteiger charge is -2.43.